The van der Waals surface area contributed by atoms with Gasteiger partial charge in [-0.2, -0.15) is 0 Å². The van der Waals surface area contributed by atoms with Gasteiger partial charge in [-0.1, -0.05) is 39.7 Å². The molecule has 0 amide bonds. The van der Waals surface area contributed by atoms with Gasteiger partial charge >= 0.3 is 0 Å². The van der Waals surface area contributed by atoms with Crippen LogP contribution in [0.5, 0.6) is 5.75 Å². The van der Waals surface area contributed by atoms with Gasteiger partial charge in [0.1, 0.15) is 0 Å². The highest BCUT2D eigenvalue weighted by Crippen LogP contribution is 2.48. The number of Topliss-reactive ketones (excluding diaryl/α,β-unsaturated/α-hetero) is 1. The molecule has 0 heterocycles. The molecule has 1 atom stereocenters. The van der Waals surface area contributed by atoms with Gasteiger partial charge < -0.3 is 5.11 Å². The van der Waals surface area contributed by atoms with Crippen molar-refractivity contribution in [3.63, 3.8) is 0 Å². The Morgan fingerprint density at radius 2 is 1.34 bits per heavy atom. The number of halogens is 1. The zero-order valence-electron chi connectivity index (χ0n) is 22.5. The Bertz CT molecular complexity index is 824. The molecular weight excluding hydrogens is 435 g/mol. The number of phenols is 1. The fourth-order valence-corrected chi connectivity index (χ4v) is 8.18. The lowest BCUT2D eigenvalue weighted by molar-refractivity contribution is 0.0984. The van der Waals surface area contributed by atoms with Crippen molar-refractivity contribution in [1.82, 2.24) is 0 Å². The molecule has 3 aliphatic rings. The fourth-order valence-electron chi connectivity index (χ4n) is 8.18. The van der Waals surface area contributed by atoms with E-state index in [1.807, 2.05) is 0 Å². The second kappa shape index (κ2) is 12.2. The molecule has 1 aromatic carbocycles. The molecule has 0 saturated heterocycles. The van der Waals surface area contributed by atoms with Crippen molar-refractivity contribution >= 4 is 5.78 Å². The van der Waals surface area contributed by atoms with Crippen molar-refractivity contribution in [2.75, 3.05) is 0 Å². The third kappa shape index (κ3) is 6.13. The molecule has 1 N–H and O–H groups in total. The first-order valence-electron chi connectivity index (χ1n) is 15.0. The number of carbonyl (C=O) groups is 1. The van der Waals surface area contributed by atoms with Crippen LogP contribution in [0.2, 0.25) is 0 Å². The molecule has 3 saturated carbocycles. The molecule has 1 aromatic rings. The van der Waals surface area contributed by atoms with E-state index in [9.17, 15) is 14.3 Å². The summed E-state index contributed by atoms with van der Waals surface area (Å²) in [5.74, 6) is 4.45. The highest BCUT2D eigenvalue weighted by molar-refractivity contribution is 5.98. The van der Waals surface area contributed by atoms with Gasteiger partial charge in [0.25, 0.3) is 0 Å². The maximum Gasteiger partial charge on any atom is 0.169 e. The third-order valence-electron chi connectivity index (χ3n) is 10.5. The van der Waals surface area contributed by atoms with Crippen LogP contribution in [0.3, 0.4) is 0 Å². The lowest BCUT2D eigenvalue weighted by atomic mass is 9.64. The molecule has 3 aliphatic carbocycles. The molecular formula is C32H49FO2. The van der Waals surface area contributed by atoms with Crippen LogP contribution in [0, 0.1) is 41.3 Å². The van der Waals surface area contributed by atoms with Crippen LogP contribution in [0.25, 0.3) is 0 Å². The molecule has 0 radical (unpaired) electrons. The summed E-state index contributed by atoms with van der Waals surface area (Å²) in [6.07, 6.45) is 18.9. The monoisotopic (exact) mass is 484 g/mol. The van der Waals surface area contributed by atoms with Crippen LogP contribution in [0.1, 0.15) is 139 Å². The Balaban J connectivity index is 1.23. The number of phenolic OH excluding ortho intramolecular Hbond substituents is 1. The zero-order chi connectivity index (χ0) is 24.9. The van der Waals surface area contributed by atoms with Crippen molar-refractivity contribution in [2.45, 2.75) is 123 Å². The minimum atomic E-state index is -0.563. The molecule has 2 nitrogen and oxygen atoms in total. The molecule has 0 spiro atoms. The van der Waals surface area contributed by atoms with Crippen molar-refractivity contribution < 1.29 is 14.3 Å². The lowest BCUT2D eigenvalue weighted by Crippen LogP contribution is -2.30. The summed E-state index contributed by atoms with van der Waals surface area (Å²) in [6.45, 7) is 6.54. The Kier molecular flexibility index (Phi) is 9.33. The average Bonchev–Trinajstić information content (AvgIpc) is 2.90. The molecule has 196 valence electrons. The standard InChI is InChI=1S/C32H49FO2/c1-4-6-21(3)22-7-9-23(10-8-22)24-11-13-25(14-12-24)26-15-17-27(18-16-26)28-19-20-29(30(34)5-2)32(35)31(28)33/h19-27,35H,4-18H2,1-3H3. The predicted octanol–water partition coefficient (Wildman–Crippen LogP) is 9.45. The topological polar surface area (TPSA) is 37.3 Å². The van der Waals surface area contributed by atoms with Crippen LogP contribution in [-0.2, 0) is 0 Å². The summed E-state index contributed by atoms with van der Waals surface area (Å²) in [5, 5.41) is 10.3. The zero-order valence-corrected chi connectivity index (χ0v) is 22.5. The number of carbonyl (C=O) groups excluding carboxylic acids is 1. The highest BCUT2D eigenvalue weighted by atomic mass is 19.1. The van der Waals surface area contributed by atoms with E-state index in [4.69, 9.17) is 0 Å². The molecule has 0 aliphatic heterocycles. The van der Waals surface area contributed by atoms with Gasteiger partial charge in [-0.15, -0.1) is 0 Å². The van der Waals surface area contributed by atoms with Gasteiger partial charge in [-0.25, -0.2) is 4.39 Å². The second-order valence-electron chi connectivity index (χ2n) is 12.4. The minimum Gasteiger partial charge on any atom is -0.504 e. The molecule has 4 rings (SSSR count). The lowest BCUT2D eigenvalue weighted by Gasteiger charge is -2.42. The number of ketones is 1. The van der Waals surface area contributed by atoms with Gasteiger partial charge in [0.15, 0.2) is 17.3 Å². The second-order valence-corrected chi connectivity index (χ2v) is 12.4. The first kappa shape index (κ1) is 26.7. The van der Waals surface area contributed by atoms with Crippen molar-refractivity contribution in [1.29, 1.82) is 0 Å². The molecule has 35 heavy (non-hydrogen) atoms. The number of aromatic hydroxyl groups is 1. The summed E-state index contributed by atoms with van der Waals surface area (Å²) in [7, 11) is 0. The van der Waals surface area contributed by atoms with E-state index in [-0.39, 0.29) is 23.7 Å². The van der Waals surface area contributed by atoms with Gasteiger partial charge in [-0.05, 0) is 130 Å². The predicted molar refractivity (Wildman–Crippen MR) is 142 cm³/mol. The maximum absolute atomic E-state index is 14.9. The Hall–Kier alpha value is -1.38. The Morgan fingerprint density at radius 3 is 1.83 bits per heavy atom. The average molecular weight is 485 g/mol. The molecule has 1 unspecified atom stereocenters. The van der Waals surface area contributed by atoms with Crippen molar-refractivity contribution in [2.24, 2.45) is 35.5 Å². The van der Waals surface area contributed by atoms with Gasteiger partial charge in [0.05, 0.1) is 5.56 Å². The minimum absolute atomic E-state index is 0.128. The van der Waals surface area contributed by atoms with Crippen LogP contribution < -0.4 is 0 Å². The first-order chi connectivity index (χ1) is 16.9. The Labute approximate surface area is 213 Å². The first-order valence-corrected chi connectivity index (χ1v) is 15.0. The van der Waals surface area contributed by atoms with Crippen LogP contribution in [0.4, 0.5) is 4.39 Å². The van der Waals surface area contributed by atoms with Crippen LogP contribution in [0.15, 0.2) is 12.1 Å². The fraction of sp³-hybridized carbons (Fsp3) is 0.781. The Morgan fingerprint density at radius 1 is 0.857 bits per heavy atom. The van der Waals surface area contributed by atoms with E-state index in [1.165, 1.54) is 77.0 Å². The summed E-state index contributed by atoms with van der Waals surface area (Å²) >= 11 is 0. The summed E-state index contributed by atoms with van der Waals surface area (Å²) < 4.78 is 14.9. The number of benzene rings is 1. The van der Waals surface area contributed by atoms with Gasteiger partial charge in [0, 0.05) is 6.42 Å². The van der Waals surface area contributed by atoms with E-state index < -0.39 is 11.6 Å². The van der Waals surface area contributed by atoms with Crippen LogP contribution >= 0.6 is 0 Å². The quantitative estimate of drug-likeness (QED) is 0.373. The van der Waals surface area contributed by atoms with Gasteiger partial charge in [0.2, 0.25) is 0 Å². The largest absolute Gasteiger partial charge is 0.504 e. The van der Waals surface area contributed by atoms with E-state index in [1.54, 1.807) is 19.1 Å². The molecule has 3 fully saturated rings. The molecule has 0 bridgehead atoms. The van der Waals surface area contributed by atoms with E-state index in [0.29, 0.717) is 5.56 Å². The number of hydrogen-bond donors (Lipinski definition) is 1. The number of rotatable bonds is 8. The van der Waals surface area contributed by atoms with Gasteiger partial charge in [-0.3, -0.25) is 4.79 Å². The van der Waals surface area contributed by atoms with E-state index >= 15 is 0 Å². The molecule has 3 heteroatoms. The maximum atomic E-state index is 14.9. The van der Waals surface area contributed by atoms with Crippen LogP contribution in [-0.4, -0.2) is 10.9 Å². The van der Waals surface area contributed by atoms with Crippen molar-refractivity contribution in [3.8, 4) is 5.75 Å². The normalized spacial score (nSPS) is 32.8. The number of hydrogen-bond acceptors (Lipinski definition) is 2. The summed E-state index contributed by atoms with van der Waals surface area (Å²) in [5.41, 5.74) is 0.740. The summed E-state index contributed by atoms with van der Waals surface area (Å²) in [6, 6.07) is 3.39. The summed E-state index contributed by atoms with van der Waals surface area (Å²) in [4.78, 5) is 12.0. The SMILES string of the molecule is CCCC(C)C1CCC(C2CCC(C3CCC(c4ccc(C(=O)CC)c(O)c4F)CC3)CC2)CC1. The molecule has 0 aromatic heterocycles. The smallest absolute Gasteiger partial charge is 0.169 e. The van der Waals surface area contributed by atoms with Crippen molar-refractivity contribution in [3.05, 3.63) is 29.1 Å². The van der Waals surface area contributed by atoms with E-state index in [0.717, 1.165) is 48.3 Å². The van der Waals surface area contributed by atoms with E-state index in [2.05, 4.69) is 13.8 Å². The third-order valence-corrected chi connectivity index (χ3v) is 10.5. The highest BCUT2D eigenvalue weighted by Gasteiger charge is 2.36.